The second-order valence-electron chi connectivity index (χ2n) is 6.89. The van der Waals surface area contributed by atoms with Crippen LogP contribution < -0.4 is 5.32 Å². The third kappa shape index (κ3) is 4.59. The Hall–Kier alpha value is -1.83. The fourth-order valence-electron chi connectivity index (χ4n) is 3.47. The summed E-state index contributed by atoms with van der Waals surface area (Å²) in [5.74, 6) is -0.276. The number of hydrogen-bond donors (Lipinski definition) is 1. The van der Waals surface area contributed by atoms with Gasteiger partial charge in [0.15, 0.2) is 0 Å². The van der Waals surface area contributed by atoms with Crippen molar-refractivity contribution in [2.24, 2.45) is 0 Å². The number of rotatable bonds is 7. The van der Waals surface area contributed by atoms with Crippen LogP contribution >= 0.6 is 11.8 Å². The number of carbonyl (C=O) groups excluding carboxylic acids is 1. The number of anilines is 1. The Morgan fingerprint density at radius 3 is 2.64 bits per heavy atom. The number of aryl methyl sites for hydroxylation is 1. The summed E-state index contributed by atoms with van der Waals surface area (Å²) < 4.78 is 27.6. The lowest BCUT2D eigenvalue weighted by Crippen LogP contribution is -2.43. The van der Waals surface area contributed by atoms with Gasteiger partial charge in [-0.05, 0) is 61.4 Å². The number of carbonyl (C=O) groups is 1. The van der Waals surface area contributed by atoms with Crippen LogP contribution in [0.15, 0.2) is 58.3 Å². The fourth-order valence-corrected chi connectivity index (χ4v) is 5.58. The van der Waals surface area contributed by atoms with E-state index in [-0.39, 0.29) is 10.8 Å². The van der Waals surface area contributed by atoms with Gasteiger partial charge in [0.05, 0.1) is 4.90 Å². The van der Waals surface area contributed by atoms with Crippen molar-refractivity contribution in [1.82, 2.24) is 4.31 Å². The van der Waals surface area contributed by atoms with Gasteiger partial charge >= 0.3 is 0 Å². The average molecular weight is 419 g/mol. The third-order valence-electron chi connectivity index (χ3n) is 4.91. The Bertz CT molecular complexity index is 927. The quantitative estimate of drug-likeness (QED) is 0.686. The van der Waals surface area contributed by atoms with Gasteiger partial charge in [-0.1, -0.05) is 31.5 Å². The minimum absolute atomic E-state index is 0.247. The summed E-state index contributed by atoms with van der Waals surface area (Å²) in [6.07, 6.45) is 5.11. The Kier molecular flexibility index (Phi) is 6.80. The number of thioether (sulfide) groups is 1. The molecule has 0 bridgehead atoms. The molecule has 2 aromatic carbocycles. The van der Waals surface area contributed by atoms with Crippen molar-refractivity contribution in [2.45, 2.75) is 48.4 Å². The molecule has 0 aliphatic carbocycles. The summed E-state index contributed by atoms with van der Waals surface area (Å²) in [4.78, 5) is 14.1. The van der Waals surface area contributed by atoms with Crippen molar-refractivity contribution in [3.63, 3.8) is 0 Å². The van der Waals surface area contributed by atoms with Gasteiger partial charge < -0.3 is 5.32 Å². The van der Waals surface area contributed by atoms with Crippen LogP contribution in [0.25, 0.3) is 0 Å². The molecule has 2 aromatic rings. The highest BCUT2D eigenvalue weighted by Crippen LogP contribution is 2.28. The van der Waals surface area contributed by atoms with E-state index in [2.05, 4.69) is 12.2 Å². The van der Waals surface area contributed by atoms with Gasteiger partial charge in [0, 0.05) is 17.1 Å². The Morgan fingerprint density at radius 2 is 1.96 bits per heavy atom. The predicted octanol–water partition coefficient (Wildman–Crippen LogP) is 4.15. The van der Waals surface area contributed by atoms with Gasteiger partial charge in [-0.2, -0.15) is 4.31 Å². The van der Waals surface area contributed by atoms with Crippen molar-refractivity contribution in [2.75, 3.05) is 18.1 Å². The molecule has 1 aliphatic rings. The summed E-state index contributed by atoms with van der Waals surface area (Å²) in [7, 11) is -3.70. The average Bonchev–Trinajstić information content (AvgIpc) is 3.20. The molecule has 1 N–H and O–H groups in total. The number of sulfonamides is 1. The van der Waals surface area contributed by atoms with Crippen LogP contribution in [0.5, 0.6) is 0 Å². The van der Waals surface area contributed by atoms with Gasteiger partial charge in [-0.25, -0.2) is 8.42 Å². The van der Waals surface area contributed by atoms with E-state index in [4.69, 9.17) is 0 Å². The third-order valence-corrected chi connectivity index (χ3v) is 7.56. The predicted molar refractivity (Wildman–Crippen MR) is 114 cm³/mol. The highest BCUT2D eigenvalue weighted by atomic mass is 32.2. The van der Waals surface area contributed by atoms with Crippen LogP contribution in [0.3, 0.4) is 0 Å². The molecule has 0 unspecified atom stereocenters. The molecule has 3 rings (SSSR count). The second kappa shape index (κ2) is 9.11. The molecular weight excluding hydrogens is 392 g/mol. The summed E-state index contributed by atoms with van der Waals surface area (Å²) >= 11 is 1.59. The minimum atomic E-state index is -3.70. The first-order chi connectivity index (χ1) is 13.5. The van der Waals surface area contributed by atoms with Gasteiger partial charge in [-0.15, -0.1) is 11.8 Å². The topological polar surface area (TPSA) is 66.5 Å². The zero-order valence-corrected chi connectivity index (χ0v) is 17.9. The first-order valence-electron chi connectivity index (χ1n) is 9.51. The standard InChI is InChI=1S/C21H26N2O3S2/c1-3-6-16-10-12-19(13-11-16)28(25,26)23-14-5-9-20(23)21(24)22-17-7-4-8-18(15-17)27-2/h4,7-8,10-13,15,20H,3,5-6,9,14H2,1-2H3,(H,22,24)/t20-/m0/s1. The molecule has 0 spiro atoms. The lowest BCUT2D eigenvalue weighted by atomic mass is 10.1. The lowest BCUT2D eigenvalue weighted by Gasteiger charge is -2.23. The fraction of sp³-hybridized carbons (Fsp3) is 0.381. The molecule has 1 amide bonds. The largest absolute Gasteiger partial charge is 0.325 e. The van der Waals surface area contributed by atoms with Crippen molar-refractivity contribution in [1.29, 1.82) is 0 Å². The Labute approximate surface area is 171 Å². The first-order valence-corrected chi connectivity index (χ1v) is 12.2. The lowest BCUT2D eigenvalue weighted by molar-refractivity contribution is -0.119. The monoisotopic (exact) mass is 418 g/mol. The van der Waals surface area contributed by atoms with Gasteiger partial charge in [0.1, 0.15) is 6.04 Å². The van der Waals surface area contributed by atoms with Crippen LogP contribution in [0.2, 0.25) is 0 Å². The highest BCUT2D eigenvalue weighted by molar-refractivity contribution is 7.98. The van der Waals surface area contributed by atoms with Gasteiger partial charge in [0.25, 0.3) is 0 Å². The molecule has 1 heterocycles. The molecule has 1 saturated heterocycles. The number of benzene rings is 2. The van der Waals surface area contributed by atoms with E-state index in [9.17, 15) is 13.2 Å². The molecule has 0 aromatic heterocycles. The van der Waals surface area contributed by atoms with Crippen molar-refractivity contribution in [3.05, 3.63) is 54.1 Å². The zero-order chi connectivity index (χ0) is 20.1. The maximum atomic E-state index is 13.1. The molecule has 28 heavy (non-hydrogen) atoms. The molecule has 1 fully saturated rings. The van der Waals surface area contributed by atoms with E-state index in [1.807, 2.05) is 42.7 Å². The molecule has 0 radical (unpaired) electrons. The molecule has 7 heteroatoms. The maximum absolute atomic E-state index is 13.1. The van der Waals surface area contributed by atoms with E-state index < -0.39 is 16.1 Å². The van der Waals surface area contributed by atoms with Crippen LogP contribution in [0.4, 0.5) is 5.69 Å². The van der Waals surface area contributed by atoms with E-state index in [1.54, 1.807) is 23.9 Å². The van der Waals surface area contributed by atoms with Gasteiger partial charge in [0.2, 0.25) is 15.9 Å². The van der Waals surface area contributed by atoms with E-state index in [0.29, 0.717) is 25.1 Å². The zero-order valence-electron chi connectivity index (χ0n) is 16.2. The van der Waals surface area contributed by atoms with Crippen molar-refractivity contribution < 1.29 is 13.2 Å². The first kappa shape index (κ1) is 20.9. The van der Waals surface area contributed by atoms with Crippen molar-refractivity contribution >= 4 is 33.4 Å². The van der Waals surface area contributed by atoms with E-state index >= 15 is 0 Å². The SMILES string of the molecule is CCCc1ccc(S(=O)(=O)N2CCC[C@H]2C(=O)Nc2cccc(SC)c2)cc1. The van der Waals surface area contributed by atoms with E-state index in [0.717, 1.165) is 23.3 Å². The minimum Gasteiger partial charge on any atom is -0.325 e. The summed E-state index contributed by atoms with van der Waals surface area (Å²) in [6, 6.07) is 13.9. The molecular formula is C21H26N2O3S2. The normalized spacial score (nSPS) is 17.6. The van der Waals surface area contributed by atoms with Crippen molar-refractivity contribution in [3.8, 4) is 0 Å². The van der Waals surface area contributed by atoms with Crippen LogP contribution in [-0.4, -0.2) is 37.5 Å². The number of amides is 1. The molecule has 1 atom stereocenters. The maximum Gasteiger partial charge on any atom is 0.243 e. The number of nitrogens with one attached hydrogen (secondary N) is 1. The van der Waals surface area contributed by atoms with Gasteiger partial charge in [-0.3, -0.25) is 4.79 Å². The number of nitrogens with zero attached hydrogens (tertiary/aromatic N) is 1. The molecule has 150 valence electrons. The molecule has 1 aliphatic heterocycles. The smallest absolute Gasteiger partial charge is 0.243 e. The Balaban J connectivity index is 1.77. The van der Waals surface area contributed by atoms with Crippen LogP contribution in [0.1, 0.15) is 31.7 Å². The summed E-state index contributed by atoms with van der Waals surface area (Å²) in [5.41, 5.74) is 1.80. The second-order valence-corrected chi connectivity index (χ2v) is 9.66. The summed E-state index contributed by atoms with van der Waals surface area (Å²) in [5, 5.41) is 2.88. The van der Waals surface area contributed by atoms with Crippen LogP contribution in [0, 0.1) is 0 Å². The molecule has 0 saturated carbocycles. The Morgan fingerprint density at radius 1 is 1.21 bits per heavy atom. The number of hydrogen-bond acceptors (Lipinski definition) is 4. The van der Waals surface area contributed by atoms with Crippen LogP contribution in [-0.2, 0) is 21.2 Å². The van der Waals surface area contributed by atoms with E-state index in [1.165, 1.54) is 4.31 Å². The summed E-state index contributed by atoms with van der Waals surface area (Å²) in [6.45, 7) is 2.45. The molecule has 5 nitrogen and oxygen atoms in total. The highest BCUT2D eigenvalue weighted by Gasteiger charge is 2.39.